The molecule has 2 heterocycles. The fourth-order valence-corrected chi connectivity index (χ4v) is 1.81. The van der Waals surface area contributed by atoms with Gasteiger partial charge in [0.25, 0.3) is 0 Å². The van der Waals surface area contributed by atoms with Crippen LogP contribution in [-0.2, 0) is 0 Å². The van der Waals surface area contributed by atoms with Crippen LogP contribution in [0.4, 0.5) is 14.7 Å². The smallest absolute Gasteiger partial charge is 0.230 e. The van der Waals surface area contributed by atoms with E-state index >= 15 is 0 Å². The molecule has 3 N–H and O–H groups in total. The maximum Gasteiger partial charge on any atom is 0.230 e. The van der Waals surface area contributed by atoms with E-state index in [1.807, 2.05) is 0 Å². The van der Waals surface area contributed by atoms with Gasteiger partial charge in [-0.25, -0.2) is 8.78 Å². The third kappa shape index (κ3) is 1.30. The van der Waals surface area contributed by atoms with Gasteiger partial charge >= 0.3 is 0 Å². The number of aromatic nitrogens is 2. The molecule has 0 spiro atoms. The van der Waals surface area contributed by atoms with Gasteiger partial charge in [-0.05, 0) is 12.1 Å². The largest absolute Gasteiger partial charge is 0.367 e. The van der Waals surface area contributed by atoms with Gasteiger partial charge in [-0.2, -0.15) is 0 Å². The zero-order valence-electron chi connectivity index (χ0n) is 8.50. The number of fused-ring (bicyclic) bond motifs is 1. The molecule has 0 unspecified atom stereocenters. The number of nitrogens with two attached hydrogens (primary N) is 1. The molecule has 3 aromatic rings. The molecule has 0 aliphatic carbocycles. The molecular formula is C11H7F2N3O. The SMILES string of the molecule is Nc1oncc1-c1c(F)cc2cc[nH]c2c1F. The van der Waals surface area contributed by atoms with Crippen molar-refractivity contribution in [2.24, 2.45) is 0 Å². The zero-order valence-corrected chi connectivity index (χ0v) is 8.50. The lowest BCUT2D eigenvalue weighted by atomic mass is 10.1. The van der Waals surface area contributed by atoms with Crippen molar-refractivity contribution in [3.8, 4) is 11.1 Å². The topological polar surface area (TPSA) is 67.8 Å². The van der Waals surface area contributed by atoms with Gasteiger partial charge in [-0.1, -0.05) is 5.16 Å². The van der Waals surface area contributed by atoms with E-state index in [4.69, 9.17) is 5.73 Å². The molecule has 0 saturated heterocycles. The fraction of sp³-hybridized carbons (Fsp3) is 0. The molecule has 0 radical (unpaired) electrons. The molecule has 6 heteroatoms. The van der Waals surface area contributed by atoms with Gasteiger partial charge in [0.2, 0.25) is 5.88 Å². The Morgan fingerprint density at radius 2 is 2.18 bits per heavy atom. The number of nitrogens with one attached hydrogen (secondary N) is 1. The Morgan fingerprint density at radius 1 is 1.35 bits per heavy atom. The third-order valence-corrected chi connectivity index (χ3v) is 2.61. The maximum atomic E-state index is 14.1. The molecule has 86 valence electrons. The zero-order chi connectivity index (χ0) is 12.0. The van der Waals surface area contributed by atoms with Crippen LogP contribution >= 0.6 is 0 Å². The number of nitrogen functional groups attached to an aromatic ring is 1. The molecule has 3 rings (SSSR count). The Hall–Kier alpha value is -2.37. The number of benzene rings is 1. The molecule has 2 aromatic heterocycles. The Balaban J connectivity index is 2.40. The van der Waals surface area contributed by atoms with Crippen molar-refractivity contribution in [1.29, 1.82) is 0 Å². The lowest BCUT2D eigenvalue weighted by Gasteiger charge is -2.04. The summed E-state index contributed by atoms with van der Waals surface area (Å²) in [5, 5.41) is 3.86. The molecule has 0 bridgehead atoms. The number of aromatic amines is 1. The first-order valence-electron chi connectivity index (χ1n) is 4.84. The van der Waals surface area contributed by atoms with Gasteiger partial charge in [0, 0.05) is 11.6 Å². The third-order valence-electron chi connectivity index (χ3n) is 2.61. The van der Waals surface area contributed by atoms with Crippen molar-refractivity contribution in [3.63, 3.8) is 0 Å². The van der Waals surface area contributed by atoms with Crippen molar-refractivity contribution in [2.75, 3.05) is 5.73 Å². The van der Waals surface area contributed by atoms with Gasteiger partial charge in [0.15, 0.2) is 5.82 Å². The Labute approximate surface area is 94.0 Å². The average molecular weight is 235 g/mol. The minimum Gasteiger partial charge on any atom is -0.367 e. The molecule has 0 aliphatic rings. The van der Waals surface area contributed by atoms with Gasteiger partial charge in [0.05, 0.1) is 22.8 Å². The summed E-state index contributed by atoms with van der Waals surface area (Å²) in [6.07, 6.45) is 2.72. The number of H-pyrrole nitrogens is 1. The van der Waals surface area contributed by atoms with Crippen LogP contribution in [-0.4, -0.2) is 10.1 Å². The summed E-state index contributed by atoms with van der Waals surface area (Å²) in [6.45, 7) is 0. The Morgan fingerprint density at radius 3 is 2.88 bits per heavy atom. The van der Waals surface area contributed by atoms with E-state index in [1.165, 1.54) is 18.5 Å². The standard InChI is InChI=1S/C11H7F2N3O/c12-7-3-5-1-2-15-10(5)9(13)8(7)6-4-16-17-11(6)14/h1-4,15H,14H2. The average Bonchev–Trinajstić information content (AvgIpc) is 2.88. The van der Waals surface area contributed by atoms with Crippen molar-refractivity contribution in [3.05, 3.63) is 36.2 Å². The lowest BCUT2D eigenvalue weighted by molar-refractivity contribution is 0.436. The number of rotatable bonds is 1. The molecular weight excluding hydrogens is 228 g/mol. The van der Waals surface area contributed by atoms with E-state index in [1.54, 1.807) is 6.07 Å². The second-order valence-corrected chi connectivity index (χ2v) is 3.59. The molecule has 0 amide bonds. The second kappa shape index (κ2) is 3.31. The molecule has 17 heavy (non-hydrogen) atoms. The summed E-state index contributed by atoms with van der Waals surface area (Å²) in [6, 6.07) is 2.82. The highest BCUT2D eigenvalue weighted by Gasteiger charge is 2.20. The lowest BCUT2D eigenvalue weighted by Crippen LogP contribution is -1.93. The van der Waals surface area contributed by atoms with Gasteiger partial charge in [-0.3, -0.25) is 0 Å². The minimum atomic E-state index is -0.708. The van der Waals surface area contributed by atoms with Crippen LogP contribution in [0.2, 0.25) is 0 Å². The summed E-state index contributed by atoms with van der Waals surface area (Å²) in [5.74, 6) is -1.53. The number of hydrogen-bond donors (Lipinski definition) is 2. The van der Waals surface area contributed by atoms with Crippen LogP contribution in [0.3, 0.4) is 0 Å². The molecule has 1 aromatic carbocycles. The molecule has 0 atom stereocenters. The number of anilines is 1. The van der Waals surface area contributed by atoms with Crippen molar-refractivity contribution in [2.45, 2.75) is 0 Å². The van der Waals surface area contributed by atoms with Gasteiger partial charge in [-0.15, -0.1) is 0 Å². The monoisotopic (exact) mass is 235 g/mol. The van der Waals surface area contributed by atoms with E-state index in [0.717, 1.165) is 0 Å². The summed E-state index contributed by atoms with van der Waals surface area (Å²) < 4.78 is 32.5. The van der Waals surface area contributed by atoms with Gasteiger partial charge in [0.1, 0.15) is 5.82 Å². The number of hydrogen-bond acceptors (Lipinski definition) is 3. The van der Waals surface area contributed by atoms with Crippen LogP contribution < -0.4 is 5.73 Å². The Bertz CT molecular complexity index is 702. The maximum absolute atomic E-state index is 14.1. The number of nitrogens with zero attached hydrogens (tertiary/aromatic N) is 1. The highest BCUT2D eigenvalue weighted by atomic mass is 19.1. The van der Waals surface area contributed by atoms with Crippen LogP contribution in [0.15, 0.2) is 29.0 Å². The van der Waals surface area contributed by atoms with E-state index in [9.17, 15) is 8.78 Å². The normalized spacial score (nSPS) is 11.2. The predicted octanol–water partition coefficient (Wildman–Crippen LogP) is 2.68. The van der Waals surface area contributed by atoms with E-state index in [-0.39, 0.29) is 22.5 Å². The Kier molecular flexibility index (Phi) is 1.91. The number of halogens is 2. The van der Waals surface area contributed by atoms with E-state index in [0.29, 0.717) is 5.39 Å². The highest BCUT2D eigenvalue weighted by Crippen LogP contribution is 2.34. The summed E-state index contributed by atoms with van der Waals surface area (Å²) in [7, 11) is 0. The minimum absolute atomic E-state index is 0.108. The first-order valence-corrected chi connectivity index (χ1v) is 4.84. The van der Waals surface area contributed by atoms with Crippen LogP contribution in [0, 0.1) is 11.6 Å². The molecule has 0 aliphatic heterocycles. The van der Waals surface area contributed by atoms with Crippen LogP contribution in [0.25, 0.3) is 22.0 Å². The fourth-order valence-electron chi connectivity index (χ4n) is 1.81. The molecule has 4 nitrogen and oxygen atoms in total. The predicted molar refractivity (Wildman–Crippen MR) is 58.1 cm³/mol. The van der Waals surface area contributed by atoms with Crippen LogP contribution in [0.1, 0.15) is 0 Å². The van der Waals surface area contributed by atoms with E-state index < -0.39 is 11.6 Å². The van der Waals surface area contributed by atoms with Crippen molar-refractivity contribution < 1.29 is 13.3 Å². The first-order chi connectivity index (χ1) is 8.18. The quantitative estimate of drug-likeness (QED) is 0.681. The van der Waals surface area contributed by atoms with E-state index in [2.05, 4.69) is 14.7 Å². The van der Waals surface area contributed by atoms with Crippen molar-refractivity contribution >= 4 is 16.8 Å². The summed E-state index contributed by atoms with van der Waals surface area (Å²) in [5.41, 5.74) is 5.55. The second-order valence-electron chi connectivity index (χ2n) is 3.59. The first kappa shape index (κ1) is 9.83. The summed E-state index contributed by atoms with van der Waals surface area (Å²) >= 11 is 0. The molecule has 0 saturated carbocycles. The van der Waals surface area contributed by atoms with Crippen molar-refractivity contribution in [1.82, 2.24) is 10.1 Å². The highest BCUT2D eigenvalue weighted by molar-refractivity contribution is 5.87. The summed E-state index contributed by atoms with van der Waals surface area (Å²) in [4.78, 5) is 2.70. The van der Waals surface area contributed by atoms with Crippen LogP contribution in [0.5, 0.6) is 0 Å². The van der Waals surface area contributed by atoms with Gasteiger partial charge < -0.3 is 15.2 Å². The molecule has 0 fully saturated rings.